The largest absolute Gasteiger partial charge is 0.494 e. The average molecular weight is 388 g/mol. The van der Waals surface area contributed by atoms with Crippen LogP contribution >= 0.6 is 0 Å². The summed E-state index contributed by atoms with van der Waals surface area (Å²) in [7, 11) is 4.48. The van der Waals surface area contributed by atoms with Crippen LogP contribution in [0.15, 0.2) is 36.4 Å². The number of carbonyl (C=O) groups excluding carboxylic acids is 2. The van der Waals surface area contributed by atoms with E-state index in [1.54, 1.807) is 36.4 Å². The van der Waals surface area contributed by atoms with Crippen molar-refractivity contribution in [2.45, 2.75) is 13.3 Å². The van der Waals surface area contributed by atoms with Gasteiger partial charge in [-0.3, -0.25) is 20.4 Å². The highest BCUT2D eigenvalue weighted by Gasteiger charge is 2.18. The molecule has 0 saturated heterocycles. The zero-order valence-electron chi connectivity index (χ0n) is 16.3. The lowest BCUT2D eigenvalue weighted by Crippen LogP contribution is -2.42. The molecule has 0 aromatic heterocycles. The van der Waals surface area contributed by atoms with Crippen molar-refractivity contribution >= 4 is 11.8 Å². The van der Waals surface area contributed by atoms with Gasteiger partial charge in [-0.15, -0.1) is 0 Å². The van der Waals surface area contributed by atoms with E-state index in [-0.39, 0.29) is 6.42 Å². The van der Waals surface area contributed by atoms with Gasteiger partial charge in [0.05, 0.1) is 34.4 Å². The van der Waals surface area contributed by atoms with Crippen molar-refractivity contribution in [3.63, 3.8) is 0 Å². The molecule has 0 saturated carbocycles. The van der Waals surface area contributed by atoms with E-state index in [4.69, 9.17) is 18.9 Å². The number of nitrogens with one attached hydrogen (secondary N) is 2. The minimum Gasteiger partial charge on any atom is -0.494 e. The Labute approximate surface area is 163 Å². The van der Waals surface area contributed by atoms with Crippen LogP contribution in [0, 0.1) is 0 Å². The summed E-state index contributed by atoms with van der Waals surface area (Å²) in [6, 6.07) is 9.99. The highest BCUT2D eigenvalue weighted by atomic mass is 16.5. The fourth-order valence-electron chi connectivity index (χ4n) is 2.59. The number of amides is 2. The van der Waals surface area contributed by atoms with Crippen molar-refractivity contribution < 1.29 is 28.5 Å². The molecule has 0 heterocycles. The number of methoxy groups -OCH3 is 3. The second-order valence-electron chi connectivity index (χ2n) is 5.63. The molecule has 8 nitrogen and oxygen atoms in total. The lowest BCUT2D eigenvalue weighted by atomic mass is 10.1. The Bertz CT molecular complexity index is 820. The van der Waals surface area contributed by atoms with E-state index < -0.39 is 11.8 Å². The van der Waals surface area contributed by atoms with Gasteiger partial charge in [-0.2, -0.15) is 0 Å². The van der Waals surface area contributed by atoms with Gasteiger partial charge in [0.25, 0.3) is 5.91 Å². The highest BCUT2D eigenvalue weighted by Crippen LogP contribution is 2.39. The number of benzene rings is 2. The number of hydrazine groups is 1. The molecule has 0 unspecified atom stereocenters. The smallest absolute Gasteiger partial charge is 0.269 e. The van der Waals surface area contributed by atoms with Gasteiger partial charge in [-0.25, -0.2) is 0 Å². The van der Waals surface area contributed by atoms with Crippen molar-refractivity contribution in [3.05, 3.63) is 47.5 Å². The Balaban J connectivity index is 1.99. The number of carbonyl (C=O) groups is 2. The van der Waals surface area contributed by atoms with Gasteiger partial charge in [0.1, 0.15) is 5.75 Å². The van der Waals surface area contributed by atoms with E-state index in [9.17, 15) is 9.59 Å². The summed E-state index contributed by atoms with van der Waals surface area (Å²) in [6.07, 6.45) is -0.0207. The standard InChI is InChI=1S/C20H24N2O6/c1-5-28-15-9-6-13(7-10-15)20(24)22-21-17(23)12-14-8-11-16(25-2)19(27-4)18(14)26-3/h6-11H,5,12H2,1-4H3,(H,21,23)(H,22,24). The normalized spacial score (nSPS) is 10.0. The van der Waals surface area contributed by atoms with Crippen molar-refractivity contribution in [2.75, 3.05) is 27.9 Å². The molecule has 0 fully saturated rings. The van der Waals surface area contributed by atoms with Gasteiger partial charge in [0.15, 0.2) is 11.5 Å². The van der Waals surface area contributed by atoms with E-state index in [0.717, 1.165) is 0 Å². The Kier molecular flexibility index (Phi) is 7.50. The van der Waals surface area contributed by atoms with Gasteiger partial charge >= 0.3 is 0 Å². The van der Waals surface area contributed by atoms with E-state index in [2.05, 4.69) is 10.9 Å². The third-order valence-electron chi connectivity index (χ3n) is 3.88. The summed E-state index contributed by atoms with van der Waals surface area (Å²) in [5.74, 6) is 1.11. The maximum Gasteiger partial charge on any atom is 0.269 e. The zero-order chi connectivity index (χ0) is 20.5. The van der Waals surface area contributed by atoms with Gasteiger partial charge in [-0.1, -0.05) is 6.07 Å². The van der Waals surface area contributed by atoms with Crippen LogP contribution in [0.1, 0.15) is 22.8 Å². The molecule has 0 aliphatic heterocycles. The van der Waals surface area contributed by atoms with E-state index >= 15 is 0 Å². The molecule has 2 aromatic rings. The quantitative estimate of drug-likeness (QED) is 0.673. The molecule has 28 heavy (non-hydrogen) atoms. The Morgan fingerprint density at radius 1 is 0.857 bits per heavy atom. The molecule has 0 atom stereocenters. The fraction of sp³-hybridized carbons (Fsp3) is 0.300. The summed E-state index contributed by atoms with van der Waals surface area (Å²) in [4.78, 5) is 24.4. The lowest BCUT2D eigenvalue weighted by molar-refractivity contribution is -0.121. The Morgan fingerprint density at radius 2 is 1.54 bits per heavy atom. The molecule has 0 aliphatic rings. The third kappa shape index (κ3) is 5.06. The SMILES string of the molecule is CCOc1ccc(C(=O)NNC(=O)Cc2ccc(OC)c(OC)c2OC)cc1. The molecule has 0 aliphatic carbocycles. The van der Waals surface area contributed by atoms with E-state index in [0.29, 0.717) is 40.7 Å². The second-order valence-corrected chi connectivity index (χ2v) is 5.63. The predicted molar refractivity (Wildman–Crippen MR) is 103 cm³/mol. The topological polar surface area (TPSA) is 95.1 Å². The van der Waals surface area contributed by atoms with Crippen LogP contribution in [0.4, 0.5) is 0 Å². The van der Waals surface area contributed by atoms with Crippen LogP contribution in [0.2, 0.25) is 0 Å². The lowest BCUT2D eigenvalue weighted by Gasteiger charge is -2.15. The molecule has 0 bridgehead atoms. The van der Waals surface area contributed by atoms with E-state index in [1.807, 2.05) is 6.92 Å². The second kappa shape index (κ2) is 10.1. The average Bonchev–Trinajstić information content (AvgIpc) is 2.72. The first-order valence-electron chi connectivity index (χ1n) is 8.63. The maximum atomic E-state index is 12.2. The summed E-state index contributed by atoms with van der Waals surface area (Å²) >= 11 is 0. The van der Waals surface area contributed by atoms with Crippen LogP contribution in [0.25, 0.3) is 0 Å². The molecule has 150 valence electrons. The molecule has 0 radical (unpaired) electrons. The molecular weight excluding hydrogens is 364 g/mol. The monoisotopic (exact) mass is 388 g/mol. The molecule has 2 aromatic carbocycles. The van der Waals surface area contributed by atoms with Crippen LogP contribution in [0.3, 0.4) is 0 Å². The number of rotatable bonds is 8. The summed E-state index contributed by atoms with van der Waals surface area (Å²) in [5, 5.41) is 0. The molecule has 2 rings (SSSR count). The molecular formula is C20H24N2O6. The van der Waals surface area contributed by atoms with Gasteiger partial charge in [-0.05, 0) is 37.3 Å². The fourth-order valence-corrected chi connectivity index (χ4v) is 2.59. The van der Waals surface area contributed by atoms with Crippen LogP contribution < -0.4 is 29.8 Å². The predicted octanol–water partition coefficient (Wildman–Crippen LogP) is 2.11. The zero-order valence-corrected chi connectivity index (χ0v) is 16.3. The van der Waals surface area contributed by atoms with Crippen molar-refractivity contribution in [3.8, 4) is 23.0 Å². The minimum absolute atomic E-state index is 0.0207. The first-order chi connectivity index (χ1) is 13.5. The maximum absolute atomic E-state index is 12.2. The van der Waals surface area contributed by atoms with Crippen molar-refractivity contribution in [1.82, 2.24) is 10.9 Å². The minimum atomic E-state index is -0.435. The van der Waals surface area contributed by atoms with Crippen LogP contribution in [0.5, 0.6) is 23.0 Å². The third-order valence-corrected chi connectivity index (χ3v) is 3.88. The van der Waals surface area contributed by atoms with Gasteiger partial charge in [0, 0.05) is 11.1 Å². The van der Waals surface area contributed by atoms with E-state index in [1.165, 1.54) is 21.3 Å². The van der Waals surface area contributed by atoms with Crippen molar-refractivity contribution in [2.24, 2.45) is 0 Å². The molecule has 2 N–H and O–H groups in total. The summed E-state index contributed by atoms with van der Waals surface area (Å²) < 4.78 is 21.2. The van der Waals surface area contributed by atoms with Gasteiger partial charge < -0.3 is 18.9 Å². The molecule has 0 spiro atoms. The summed E-state index contributed by atoms with van der Waals surface area (Å²) in [5.41, 5.74) is 5.76. The number of ether oxygens (including phenoxy) is 4. The first-order valence-corrected chi connectivity index (χ1v) is 8.63. The number of hydrogen-bond acceptors (Lipinski definition) is 6. The van der Waals surface area contributed by atoms with Crippen LogP contribution in [-0.4, -0.2) is 39.8 Å². The number of hydrogen-bond donors (Lipinski definition) is 2. The van der Waals surface area contributed by atoms with Crippen LogP contribution in [-0.2, 0) is 11.2 Å². The van der Waals surface area contributed by atoms with Crippen molar-refractivity contribution in [1.29, 1.82) is 0 Å². The summed E-state index contributed by atoms with van der Waals surface area (Å²) in [6.45, 7) is 2.42. The first kappa shape index (κ1) is 20.9. The highest BCUT2D eigenvalue weighted by molar-refractivity contribution is 5.95. The Morgan fingerprint density at radius 3 is 2.11 bits per heavy atom. The van der Waals surface area contributed by atoms with Gasteiger partial charge in [0.2, 0.25) is 11.7 Å². The molecule has 2 amide bonds. The molecule has 8 heteroatoms. The Hall–Kier alpha value is -3.42.